The quantitative estimate of drug-likeness (QED) is 0.480. The van der Waals surface area contributed by atoms with Crippen molar-refractivity contribution < 1.29 is 18.7 Å². The Morgan fingerprint density at radius 1 is 0.935 bits per heavy atom. The zero-order valence-corrected chi connectivity index (χ0v) is 17.5. The summed E-state index contributed by atoms with van der Waals surface area (Å²) < 4.78 is 19.0. The number of hydrogen-bond donors (Lipinski definition) is 0. The Morgan fingerprint density at radius 3 is 2.29 bits per heavy atom. The molecule has 3 fully saturated rings. The van der Waals surface area contributed by atoms with Gasteiger partial charge in [-0.2, -0.15) is 0 Å². The van der Waals surface area contributed by atoms with Crippen molar-refractivity contribution in [3.63, 3.8) is 0 Å². The molecule has 2 aromatic rings. The van der Waals surface area contributed by atoms with Crippen molar-refractivity contribution in [1.82, 2.24) is 9.80 Å². The van der Waals surface area contributed by atoms with Crippen LogP contribution in [0.5, 0.6) is 5.75 Å². The van der Waals surface area contributed by atoms with Gasteiger partial charge < -0.3 is 9.64 Å². The number of ether oxygens (including phenoxy) is 1. The normalized spacial score (nSPS) is 22.7. The van der Waals surface area contributed by atoms with E-state index in [1.54, 1.807) is 12.1 Å². The molecule has 162 valence electrons. The summed E-state index contributed by atoms with van der Waals surface area (Å²) in [5.41, 5.74) is 1.33. The van der Waals surface area contributed by atoms with E-state index in [1.165, 1.54) is 12.1 Å². The Balaban J connectivity index is 1.05. The van der Waals surface area contributed by atoms with Crippen molar-refractivity contribution in [3.05, 3.63) is 65.5 Å². The second-order valence-corrected chi connectivity index (χ2v) is 8.87. The number of likely N-dealkylation sites (tertiary alicyclic amines) is 2. The van der Waals surface area contributed by atoms with Crippen molar-refractivity contribution in [2.45, 2.75) is 37.8 Å². The van der Waals surface area contributed by atoms with Crippen LogP contribution in [0.15, 0.2) is 48.5 Å². The van der Waals surface area contributed by atoms with E-state index in [-0.39, 0.29) is 29.5 Å². The summed E-state index contributed by atoms with van der Waals surface area (Å²) in [5, 5.41) is 0. The number of piperazine rings is 1. The topological polar surface area (TPSA) is 49.9 Å². The van der Waals surface area contributed by atoms with Crippen molar-refractivity contribution in [3.8, 4) is 5.75 Å². The Bertz CT molecular complexity index is 956. The maximum absolute atomic E-state index is 13.1. The van der Waals surface area contributed by atoms with E-state index in [9.17, 15) is 14.0 Å². The molecule has 5 nitrogen and oxygen atoms in total. The second kappa shape index (κ2) is 8.42. The molecule has 1 saturated carbocycles. The lowest BCUT2D eigenvalue weighted by atomic mass is 10.1. The SMILES string of the molecule is O=C(c1ccc(OCCCN2C[C@@H]3C[C@H]2CN3C(=O)c2ccc(F)cc2)cc1)C1CC1. The fourth-order valence-electron chi connectivity index (χ4n) is 4.78. The molecule has 0 radical (unpaired) electrons. The lowest BCUT2D eigenvalue weighted by Gasteiger charge is -2.34. The van der Waals surface area contributed by atoms with Crippen molar-refractivity contribution in [2.75, 3.05) is 26.2 Å². The number of benzene rings is 2. The van der Waals surface area contributed by atoms with Crippen LogP contribution in [0.3, 0.4) is 0 Å². The number of Topliss-reactive ketones (excluding diaryl/α,β-unsaturated/α-hetero) is 1. The predicted molar refractivity (Wildman–Crippen MR) is 115 cm³/mol. The maximum atomic E-state index is 13.1. The number of ketones is 1. The lowest BCUT2D eigenvalue weighted by Crippen LogP contribution is -2.49. The predicted octanol–water partition coefficient (Wildman–Crippen LogP) is 3.79. The van der Waals surface area contributed by atoms with Gasteiger partial charge in [0.15, 0.2) is 5.78 Å². The number of fused-ring (bicyclic) bond motifs is 2. The van der Waals surface area contributed by atoms with Crippen molar-refractivity contribution >= 4 is 11.7 Å². The van der Waals surface area contributed by atoms with Crippen LogP contribution in [-0.4, -0.2) is 59.8 Å². The van der Waals surface area contributed by atoms with Crippen LogP contribution in [0, 0.1) is 11.7 Å². The molecule has 2 aliphatic heterocycles. The summed E-state index contributed by atoms with van der Waals surface area (Å²) in [6.07, 6.45) is 3.96. The third-order valence-electron chi connectivity index (χ3n) is 6.65. The molecule has 5 rings (SSSR count). The average molecular weight is 423 g/mol. The highest BCUT2D eigenvalue weighted by molar-refractivity contribution is 5.99. The van der Waals surface area contributed by atoms with Gasteiger partial charge in [-0.25, -0.2) is 4.39 Å². The average Bonchev–Trinajstić information content (AvgIpc) is 3.46. The fraction of sp³-hybridized carbons (Fsp3) is 0.440. The van der Waals surface area contributed by atoms with Gasteiger partial charge in [0.1, 0.15) is 11.6 Å². The summed E-state index contributed by atoms with van der Waals surface area (Å²) in [6, 6.07) is 13.9. The highest BCUT2D eigenvalue weighted by Crippen LogP contribution is 2.33. The molecule has 0 spiro atoms. The van der Waals surface area contributed by atoms with Gasteiger partial charge in [-0.1, -0.05) is 0 Å². The van der Waals surface area contributed by atoms with Crippen LogP contribution in [-0.2, 0) is 0 Å². The zero-order chi connectivity index (χ0) is 21.4. The zero-order valence-electron chi connectivity index (χ0n) is 17.5. The van der Waals surface area contributed by atoms with E-state index in [4.69, 9.17) is 4.74 Å². The van der Waals surface area contributed by atoms with Crippen LogP contribution >= 0.6 is 0 Å². The van der Waals surface area contributed by atoms with Gasteiger partial charge in [-0.3, -0.25) is 14.5 Å². The van der Waals surface area contributed by atoms with Gasteiger partial charge >= 0.3 is 0 Å². The molecule has 0 aromatic heterocycles. The Kier molecular flexibility index (Phi) is 5.48. The number of halogens is 1. The first-order chi connectivity index (χ1) is 15.1. The van der Waals surface area contributed by atoms with E-state index in [1.807, 2.05) is 29.2 Å². The first-order valence-corrected chi connectivity index (χ1v) is 11.2. The molecule has 0 N–H and O–H groups in total. The summed E-state index contributed by atoms with van der Waals surface area (Å²) in [4.78, 5) is 29.2. The third kappa shape index (κ3) is 4.35. The van der Waals surface area contributed by atoms with Crippen molar-refractivity contribution in [1.29, 1.82) is 0 Å². The van der Waals surface area contributed by atoms with Gasteiger partial charge in [0.05, 0.1) is 6.61 Å². The summed E-state index contributed by atoms with van der Waals surface area (Å²) in [6.45, 7) is 3.19. The molecule has 1 aliphatic carbocycles. The Labute approximate surface area is 181 Å². The minimum atomic E-state index is -0.324. The minimum Gasteiger partial charge on any atom is -0.494 e. The number of hydrogen-bond acceptors (Lipinski definition) is 4. The molecule has 6 heteroatoms. The molecule has 0 unspecified atom stereocenters. The van der Waals surface area contributed by atoms with Gasteiger partial charge in [-0.05, 0) is 74.2 Å². The van der Waals surface area contributed by atoms with Gasteiger partial charge in [0.2, 0.25) is 0 Å². The Hall–Kier alpha value is -2.73. The van der Waals surface area contributed by atoms with E-state index in [2.05, 4.69) is 4.90 Å². The van der Waals surface area contributed by atoms with E-state index in [0.29, 0.717) is 18.2 Å². The van der Waals surface area contributed by atoms with Gasteiger partial charge in [0.25, 0.3) is 5.91 Å². The second-order valence-electron chi connectivity index (χ2n) is 8.87. The van der Waals surface area contributed by atoms with Crippen LogP contribution < -0.4 is 4.74 Å². The maximum Gasteiger partial charge on any atom is 0.254 e. The first-order valence-electron chi connectivity index (χ1n) is 11.2. The van der Waals surface area contributed by atoms with Crippen molar-refractivity contribution in [2.24, 2.45) is 5.92 Å². The summed E-state index contributed by atoms with van der Waals surface area (Å²) in [7, 11) is 0. The number of carbonyl (C=O) groups excluding carboxylic acids is 2. The standard InChI is InChI=1S/C25H27FN2O3/c26-20-8-4-19(5-9-20)25(30)28-16-21-14-22(28)15-27(21)12-1-13-31-23-10-6-18(7-11-23)24(29)17-2-3-17/h4-11,17,21-22H,1-3,12-16H2/t21-,22-/m0/s1. The number of carbonyl (C=O) groups is 2. The molecule has 1 amide bonds. The van der Waals surface area contributed by atoms with Crippen LogP contribution in [0.4, 0.5) is 4.39 Å². The van der Waals surface area contributed by atoms with Crippen LogP contribution in [0.2, 0.25) is 0 Å². The molecule has 2 heterocycles. The highest BCUT2D eigenvalue weighted by Gasteiger charge is 2.44. The minimum absolute atomic E-state index is 0.000836. The van der Waals surface area contributed by atoms with Gasteiger partial charge in [-0.15, -0.1) is 0 Å². The molecule has 3 aliphatic rings. The molecular formula is C25H27FN2O3. The number of rotatable bonds is 8. The van der Waals surface area contributed by atoms with Crippen LogP contribution in [0.25, 0.3) is 0 Å². The molecule has 2 saturated heterocycles. The Morgan fingerprint density at radius 2 is 1.65 bits per heavy atom. The number of amides is 1. The molecule has 2 aromatic carbocycles. The lowest BCUT2D eigenvalue weighted by molar-refractivity contribution is 0.0618. The highest BCUT2D eigenvalue weighted by atomic mass is 19.1. The van der Waals surface area contributed by atoms with Crippen LogP contribution in [0.1, 0.15) is 46.4 Å². The van der Waals surface area contributed by atoms with E-state index < -0.39 is 0 Å². The molecular weight excluding hydrogens is 395 g/mol. The molecule has 2 bridgehead atoms. The largest absolute Gasteiger partial charge is 0.494 e. The number of nitrogens with zero attached hydrogens (tertiary/aromatic N) is 2. The first kappa shape index (κ1) is 20.2. The molecule has 2 atom stereocenters. The summed E-state index contributed by atoms with van der Waals surface area (Å²) in [5.74, 6) is 0.966. The monoisotopic (exact) mass is 422 g/mol. The molecule has 31 heavy (non-hydrogen) atoms. The van der Waals surface area contributed by atoms with E-state index >= 15 is 0 Å². The van der Waals surface area contributed by atoms with Gasteiger partial charge in [0, 0.05) is 48.8 Å². The summed E-state index contributed by atoms with van der Waals surface area (Å²) >= 11 is 0. The van der Waals surface area contributed by atoms with E-state index in [0.717, 1.165) is 56.6 Å². The fourth-order valence-corrected chi connectivity index (χ4v) is 4.78. The third-order valence-corrected chi connectivity index (χ3v) is 6.65. The smallest absolute Gasteiger partial charge is 0.254 e.